The van der Waals surface area contributed by atoms with E-state index in [1.807, 2.05) is 130 Å². The summed E-state index contributed by atoms with van der Waals surface area (Å²) >= 11 is 20.1. The smallest absolute Gasteiger partial charge is 0.412 e. The van der Waals surface area contributed by atoms with Crippen molar-refractivity contribution in [1.82, 2.24) is 9.97 Å². The molecule has 0 spiro atoms. The Hall–Kier alpha value is -17.6. The number of amides is 7. The molecule has 18 rings (SSSR count). The Balaban J connectivity index is 0.000000144. The standard InChI is InChI=1S/C22H21ClN2O3S.C18H11ClN2OS.2C18H12N2O2S.2C17H11N3OS/c1-22(2,3)28-21(27)25-17-8-4-14(5-9-17)18-12-13-19(29-18)20(26)24-16-10-6-15(23)7-11-16;19-14-5-7-15(8-6-14)21-18(22)17-10-9-16(23-17)13-3-1-12(11-20)2-4-13;19-11-12-1-3-13(4-2-12)16-9-10-17(23-16)18(22)20-14-5-7-15(21)8-6-14;19-11-12-2-1-3-13(10-12)16-8-9-17(23-16)18(22)20-14-4-6-15(21)7-5-14;18-11-12-1-3-13(4-2-12)15-5-6-16(22-15)17(21)20-14-7-9-19-10-8-14;18-10-12-3-5-13(6-4-12)15-7-8-16(22-15)17(21)20-14-2-1-9-19-11-14/h4-13H,1-3H3,(H,24,26)(H,25,27);1-10H,(H,21,22);2*1-10,21H,(H,20,22);1-10H,(H,19,20,21);1-9,11H,(H,20,21). The lowest BCUT2D eigenvalue weighted by atomic mass is 10.1. The van der Waals surface area contributed by atoms with E-state index in [9.17, 15) is 43.8 Å². The molecule has 8 aromatic heterocycles. The second kappa shape index (κ2) is 50.0. The van der Waals surface area contributed by atoms with E-state index in [2.05, 4.69) is 77.5 Å². The number of pyridine rings is 2. The summed E-state index contributed by atoms with van der Waals surface area (Å²) in [6, 6.07) is 110. The minimum absolute atomic E-state index is 0.143. The number of nitriles is 5. The van der Waals surface area contributed by atoms with Crippen LogP contribution in [-0.2, 0) is 4.74 Å². The number of thiophene rings is 6. The number of aromatic nitrogens is 2. The molecule has 32 heteroatoms. The van der Waals surface area contributed by atoms with Gasteiger partial charge in [0.05, 0.1) is 99.3 Å². The van der Waals surface area contributed by atoms with Crippen molar-refractivity contribution in [2.75, 3.05) is 37.2 Å². The lowest BCUT2D eigenvalue weighted by molar-refractivity contribution is 0.0634. The lowest BCUT2D eigenvalue weighted by Gasteiger charge is -2.19. The van der Waals surface area contributed by atoms with Crippen LogP contribution in [0, 0.1) is 56.7 Å². The molecule has 0 aliphatic carbocycles. The molecule has 0 unspecified atom stereocenters. The summed E-state index contributed by atoms with van der Waals surface area (Å²) in [5, 5.41) is 83.5. The highest BCUT2D eigenvalue weighted by Gasteiger charge is 2.21. The second-order valence-electron chi connectivity index (χ2n) is 30.9. The summed E-state index contributed by atoms with van der Waals surface area (Å²) in [7, 11) is 0. The summed E-state index contributed by atoms with van der Waals surface area (Å²) < 4.78 is 5.24. The second-order valence-corrected chi connectivity index (χ2v) is 38.3. The molecule has 24 nitrogen and oxygen atoms in total. The van der Waals surface area contributed by atoms with Gasteiger partial charge in [-0.15, -0.1) is 68.0 Å². The monoisotopic (exact) mass is 2020 g/mol. The Morgan fingerprint density at radius 3 is 0.817 bits per heavy atom. The SMILES string of the molecule is CC(C)(C)OC(=O)Nc1ccc(-c2ccc(C(=O)Nc3ccc(Cl)cc3)s2)cc1.N#Cc1ccc(-c2ccc(C(=O)Nc3ccc(Cl)cc3)s2)cc1.N#Cc1ccc(-c2ccc(C(=O)Nc3ccc(O)cc3)s2)cc1.N#Cc1ccc(-c2ccc(C(=O)Nc3cccnc3)s2)cc1.N#Cc1ccc(-c2ccc(C(=O)Nc3ccncc3)s2)cc1.N#Cc1cccc(-c2ccc(C(=O)Nc3ccc(O)cc3)s2)c1. The number of halogens is 2. The molecule has 18 aromatic rings. The summed E-state index contributed by atoms with van der Waals surface area (Å²) in [6.45, 7) is 5.44. The van der Waals surface area contributed by atoms with Gasteiger partial charge in [-0.3, -0.25) is 44.1 Å². The fourth-order valence-corrected chi connectivity index (χ4v) is 18.3. The van der Waals surface area contributed by atoms with E-state index >= 15 is 0 Å². The maximum Gasteiger partial charge on any atom is 0.412 e. The highest BCUT2D eigenvalue weighted by Crippen LogP contribution is 2.37. The first-order valence-corrected chi connectivity index (χ1v) is 48.3. The van der Waals surface area contributed by atoms with Crippen molar-refractivity contribution in [3.8, 4) is 104 Å². The summed E-state index contributed by atoms with van der Waals surface area (Å²) in [5.74, 6) is -0.719. The molecule has 10 aromatic carbocycles. The molecule has 0 aliphatic rings. The van der Waals surface area contributed by atoms with Crippen LogP contribution in [0.3, 0.4) is 0 Å². The van der Waals surface area contributed by atoms with Gasteiger partial charge in [-0.25, -0.2) is 4.79 Å². The molecule has 8 heterocycles. The maximum absolute atomic E-state index is 12.4. The van der Waals surface area contributed by atoms with Crippen LogP contribution in [0.15, 0.2) is 365 Å². The quantitative estimate of drug-likeness (QED) is 0.0340. The molecular weight excluding hydrogens is 1940 g/mol. The van der Waals surface area contributed by atoms with E-state index in [4.69, 9.17) is 54.2 Å². The van der Waals surface area contributed by atoms with Crippen molar-refractivity contribution >= 4 is 173 Å². The summed E-state index contributed by atoms with van der Waals surface area (Å²) in [5.41, 5.74) is 13.0. The van der Waals surface area contributed by atoms with Crippen molar-refractivity contribution in [2.45, 2.75) is 26.4 Å². The van der Waals surface area contributed by atoms with Crippen LogP contribution in [0.5, 0.6) is 11.5 Å². The normalized spacial score (nSPS) is 10.2. The minimum atomic E-state index is -0.552. The van der Waals surface area contributed by atoms with E-state index in [0.29, 0.717) is 107 Å². The number of benzene rings is 10. The Kier molecular flexibility index (Phi) is 35.8. The van der Waals surface area contributed by atoms with E-state index < -0.39 is 11.7 Å². The third kappa shape index (κ3) is 30.5. The first-order chi connectivity index (χ1) is 68.7. The number of carbonyl (C=O) groups excluding carboxylic acids is 7. The molecule has 0 saturated heterocycles. The Morgan fingerprint density at radius 2 is 0.535 bits per heavy atom. The number of nitrogens with zero attached hydrogens (tertiary/aromatic N) is 7. The third-order valence-electron chi connectivity index (χ3n) is 19.6. The predicted molar refractivity (Wildman–Crippen MR) is 567 cm³/mol. The van der Waals surface area contributed by atoms with Gasteiger partial charge in [-0.1, -0.05) is 96.0 Å². The van der Waals surface area contributed by atoms with Crippen molar-refractivity contribution in [3.63, 3.8) is 0 Å². The van der Waals surface area contributed by atoms with Gasteiger partial charge in [0.2, 0.25) is 0 Å². The molecule has 698 valence electrons. The van der Waals surface area contributed by atoms with Gasteiger partial charge in [-0.05, 0) is 321 Å². The van der Waals surface area contributed by atoms with Crippen LogP contribution in [0.25, 0.3) is 62.6 Å². The Bertz CT molecular complexity index is 7380. The van der Waals surface area contributed by atoms with Crippen molar-refractivity contribution in [2.24, 2.45) is 0 Å². The van der Waals surface area contributed by atoms with Gasteiger partial charge < -0.3 is 46.9 Å². The van der Waals surface area contributed by atoms with Crippen molar-refractivity contribution in [3.05, 3.63) is 432 Å². The van der Waals surface area contributed by atoms with E-state index in [1.54, 1.807) is 231 Å². The number of ether oxygens (including phenoxy) is 1. The first-order valence-electron chi connectivity index (χ1n) is 42.7. The molecule has 0 fully saturated rings. The van der Waals surface area contributed by atoms with Crippen LogP contribution in [0.4, 0.5) is 44.6 Å². The molecule has 0 bridgehead atoms. The number of phenolic OH excluding ortho intramolecular Hbond substituents is 2. The largest absolute Gasteiger partial charge is 0.508 e. The van der Waals surface area contributed by atoms with Gasteiger partial charge in [0.15, 0.2) is 0 Å². The topological polar surface area (TPSA) is 398 Å². The van der Waals surface area contributed by atoms with E-state index in [-0.39, 0.29) is 46.9 Å². The highest BCUT2D eigenvalue weighted by molar-refractivity contribution is 7.19. The molecule has 142 heavy (non-hydrogen) atoms. The number of phenols is 2. The lowest BCUT2D eigenvalue weighted by Crippen LogP contribution is -2.27. The fourth-order valence-electron chi connectivity index (χ4n) is 12.6. The van der Waals surface area contributed by atoms with Crippen LogP contribution in [0.2, 0.25) is 10.0 Å². The van der Waals surface area contributed by atoms with Crippen molar-refractivity contribution in [1.29, 1.82) is 26.3 Å². The van der Waals surface area contributed by atoms with Gasteiger partial charge >= 0.3 is 6.09 Å². The number of hydrogen-bond acceptors (Lipinski definition) is 23. The zero-order valence-electron chi connectivity index (χ0n) is 75.1. The number of rotatable bonds is 19. The minimum Gasteiger partial charge on any atom is -0.508 e. The third-order valence-corrected chi connectivity index (χ3v) is 26.9. The zero-order valence-corrected chi connectivity index (χ0v) is 81.5. The van der Waals surface area contributed by atoms with E-state index in [1.165, 1.54) is 92.3 Å². The average Bonchev–Trinajstić information content (AvgIpc) is 1.72. The summed E-state index contributed by atoms with van der Waals surface area (Å²) in [6.07, 6.45) is 6.03. The van der Waals surface area contributed by atoms with Gasteiger partial charge in [0.1, 0.15) is 17.1 Å². The fraction of sp³-hybridized carbons (Fsp3) is 0.0364. The van der Waals surface area contributed by atoms with Crippen LogP contribution in [-0.4, -0.2) is 67.3 Å². The number of nitrogens with one attached hydrogen (secondary N) is 7. The van der Waals surface area contributed by atoms with Gasteiger partial charge in [0.25, 0.3) is 35.4 Å². The first kappa shape index (κ1) is 102. The predicted octanol–water partition coefficient (Wildman–Crippen LogP) is 28.2. The van der Waals surface area contributed by atoms with Crippen LogP contribution < -0.4 is 37.2 Å². The molecular formula is C110H78Cl2N14O10S6. The molecule has 7 amide bonds. The molecule has 0 radical (unpaired) electrons. The van der Waals surface area contributed by atoms with Gasteiger partial charge in [-0.2, -0.15) is 26.3 Å². The number of anilines is 7. The van der Waals surface area contributed by atoms with Crippen LogP contribution in [0.1, 0.15) is 107 Å². The summed E-state index contributed by atoms with van der Waals surface area (Å²) in [4.78, 5) is 103. The number of aromatic hydroxyl groups is 2. The number of hydrogen-bond donors (Lipinski definition) is 9. The molecule has 0 atom stereocenters. The van der Waals surface area contributed by atoms with Crippen molar-refractivity contribution < 1.29 is 48.5 Å². The Morgan fingerprint density at radius 1 is 0.275 bits per heavy atom. The molecule has 0 aliphatic heterocycles. The Labute approximate surface area is 850 Å². The molecule has 9 N–H and O–H groups in total. The highest BCUT2D eigenvalue weighted by atomic mass is 35.5. The zero-order chi connectivity index (χ0) is 100. The van der Waals surface area contributed by atoms with Gasteiger partial charge in [0, 0.05) is 92.0 Å². The molecule has 0 saturated carbocycles. The number of carbonyl (C=O) groups is 7. The average molecular weight is 2020 g/mol. The van der Waals surface area contributed by atoms with Crippen LogP contribution >= 0.6 is 91.2 Å². The van der Waals surface area contributed by atoms with E-state index in [0.717, 1.165) is 62.6 Å². The maximum atomic E-state index is 12.4.